The molecule has 0 unspecified atom stereocenters. The molecule has 2 aromatic carbocycles. The van der Waals surface area contributed by atoms with Gasteiger partial charge in [0, 0.05) is 22.5 Å². The quantitative estimate of drug-likeness (QED) is 0.548. The molecule has 144 valence electrons. The number of hydrogen-bond acceptors (Lipinski definition) is 4. The van der Waals surface area contributed by atoms with E-state index in [2.05, 4.69) is 5.38 Å². The summed E-state index contributed by atoms with van der Waals surface area (Å²) in [4.78, 5) is 19.6. The number of benzene rings is 2. The fourth-order valence-electron chi connectivity index (χ4n) is 3.43. The second-order valence-corrected chi connectivity index (χ2v) is 8.10. The van der Waals surface area contributed by atoms with Gasteiger partial charge in [-0.3, -0.25) is 4.79 Å². The molecule has 1 fully saturated rings. The second kappa shape index (κ2) is 8.76. The van der Waals surface area contributed by atoms with Crippen LogP contribution in [0.25, 0.3) is 11.3 Å². The largest absolute Gasteiger partial charge is 0.484 e. The third-order valence-corrected chi connectivity index (χ3v) is 6.07. The van der Waals surface area contributed by atoms with Gasteiger partial charge >= 0.3 is 0 Å². The summed E-state index contributed by atoms with van der Waals surface area (Å²) < 4.78 is 5.67. The molecular formula is C22H21ClN2O2S. The van der Waals surface area contributed by atoms with E-state index >= 15 is 0 Å². The average Bonchev–Trinajstić information content (AvgIpc) is 3.23. The van der Waals surface area contributed by atoms with Gasteiger partial charge in [-0.1, -0.05) is 41.9 Å². The Bertz CT molecular complexity index is 927. The zero-order valence-corrected chi connectivity index (χ0v) is 17.0. The molecule has 1 aliphatic rings. The molecule has 0 bridgehead atoms. The van der Waals surface area contributed by atoms with E-state index in [1.165, 1.54) is 0 Å². The van der Waals surface area contributed by atoms with Gasteiger partial charge in [0.15, 0.2) is 6.61 Å². The second-order valence-electron chi connectivity index (χ2n) is 6.78. The van der Waals surface area contributed by atoms with Crippen LogP contribution in [0.2, 0.25) is 5.02 Å². The number of thiazole rings is 1. The molecule has 1 amide bonds. The lowest BCUT2D eigenvalue weighted by molar-refractivity contribution is -0.137. The van der Waals surface area contributed by atoms with Crippen molar-refractivity contribution in [2.75, 3.05) is 13.2 Å². The first-order chi connectivity index (χ1) is 13.7. The Labute approximate surface area is 173 Å². The van der Waals surface area contributed by atoms with Gasteiger partial charge in [-0.05, 0) is 43.5 Å². The van der Waals surface area contributed by atoms with Crippen molar-refractivity contribution in [3.63, 3.8) is 0 Å². The highest BCUT2D eigenvalue weighted by atomic mass is 35.5. The summed E-state index contributed by atoms with van der Waals surface area (Å²) in [5.41, 5.74) is 1.96. The first-order valence-electron chi connectivity index (χ1n) is 9.39. The van der Waals surface area contributed by atoms with Crippen molar-refractivity contribution in [3.05, 3.63) is 70.0 Å². The van der Waals surface area contributed by atoms with Crippen LogP contribution in [0.1, 0.15) is 30.3 Å². The maximum Gasteiger partial charge on any atom is 0.261 e. The van der Waals surface area contributed by atoms with Crippen molar-refractivity contribution < 1.29 is 9.53 Å². The van der Waals surface area contributed by atoms with Crippen LogP contribution < -0.4 is 4.74 Å². The first kappa shape index (κ1) is 19.0. The topological polar surface area (TPSA) is 42.4 Å². The minimum Gasteiger partial charge on any atom is -0.484 e. The van der Waals surface area contributed by atoms with Crippen molar-refractivity contribution in [1.82, 2.24) is 9.88 Å². The molecule has 4 nitrogen and oxygen atoms in total. The lowest BCUT2D eigenvalue weighted by Gasteiger charge is -2.34. The smallest absolute Gasteiger partial charge is 0.261 e. The number of nitrogens with zero attached hydrogens (tertiary/aromatic N) is 2. The molecule has 6 heteroatoms. The molecule has 0 N–H and O–H groups in total. The molecule has 0 spiro atoms. The minimum absolute atomic E-state index is 0.0109. The number of carbonyl (C=O) groups excluding carboxylic acids is 1. The Hall–Kier alpha value is -2.37. The van der Waals surface area contributed by atoms with E-state index in [1.807, 2.05) is 59.5 Å². The number of aromatic nitrogens is 1. The predicted octanol–water partition coefficient (Wildman–Crippen LogP) is 5.60. The summed E-state index contributed by atoms with van der Waals surface area (Å²) in [5.74, 6) is 0.723. The van der Waals surface area contributed by atoms with E-state index in [1.54, 1.807) is 11.3 Å². The Morgan fingerprint density at radius 3 is 2.71 bits per heavy atom. The third kappa shape index (κ3) is 4.37. The van der Waals surface area contributed by atoms with Crippen molar-refractivity contribution >= 4 is 28.8 Å². The Kier molecular flexibility index (Phi) is 5.93. The Morgan fingerprint density at radius 2 is 1.93 bits per heavy atom. The van der Waals surface area contributed by atoms with Crippen LogP contribution in [0.4, 0.5) is 0 Å². The van der Waals surface area contributed by atoms with Crippen LogP contribution in [-0.4, -0.2) is 28.9 Å². The number of piperidine rings is 1. The molecule has 1 saturated heterocycles. The van der Waals surface area contributed by atoms with Gasteiger partial charge in [-0.25, -0.2) is 4.98 Å². The summed E-state index contributed by atoms with van der Waals surface area (Å²) >= 11 is 7.59. The summed E-state index contributed by atoms with van der Waals surface area (Å²) in [5, 5.41) is 3.75. The molecule has 4 rings (SSSR count). The zero-order chi connectivity index (χ0) is 19.3. The van der Waals surface area contributed by atoms with E-state index in [0.717, 1.165) is 42.1 Å². The van der Waals surface area contributed by atoms with Gasteiger partial charge in [0.25, 0.3) is 5.91 Å². The standard InChI is InChI=1S/C22H21ClN2O2S/c23-17-11-9-16(10-12-17)19-15-28-22(24-19)20-8-4-5-13-25(20)21(26)14-27-18-6-2-1-3-7-18/h1-3,6-7,9-12,15,20H,4-5,8,13-14H2/t20-/m1/s1. The number of halogens is 1. The molecule has 0 radical (unpaired) electrons. The van der Waals surface area contributed by atoms with Crippen molar-refractivity contribution in [3.8, 4) is 17.0 Å². The number of carbonyl (C=O) groups is 1. The van der Waals surface area contributed by atoms with E-state index < -0.39 is 0 Å². The fourth-order valence-corrected chi connectivity index (χ4v) is 4.53. The van der Waals surface area contributed by atoms with E-state index in [4.69, 9.17) is 21.3 Å². The number of amides is 1. The molecule has 1 aliphatic heterocycles. The summed E-state index contributed by atoms with van der Waals surface area (Å²) in [6.45, 7) is 0.799. The van der Waals surface area contributed by atoms with Crippen molar-refractivity contribution in [2.24, 2.45) is 0 Å². The number of likely N-dealkylation sites (tertiary alicyclic amines) is 1. The monoisotopic (exact) mass is 412 g/mol. The molecule has 0 saturated carbocycles. The number of hydrogen-bond donors (Lipinski definition) is 0. The van der Waals surface area contributed by atoms with E-state index in [0.29, 0.717) is 10.8 Å². The highest BCUT2D eigenvalue weighted by Gasteiger charge is 2.30. The van der Waals surface area contributed by atoms with Crippen LogP contribution in [0, 0.1) is 0 Å². The van der Waals surface area contributed by atoms with Crippen LogP contribution >= 0.6 is 22.9 Å². The first-order valence-corrected chi connectivity index (χ1v) is 10.6. The molecule has 2 heterocycles. The van der Waals surface area contributed by atoms with Crippen LogP contribution in [0.3, 0.4) is 0 Å². The lowest BCUT2D eigenvalue weighted by atomic mass is 10.0. The van der Waals surface area contributed by atoms with Crippen molar-refractivity contribution in [1.29, 1.82) is 0 Å². The van der Waals surface area contributed by atoms with Gasteiger partial charge in [0.1, 0.15) is 10.8 Å². The minimum atomic E-state index is 0.0109. The third-order valence-electron chi connectivity index (χ3n) is 4.88. The number of rotatable bonds is 5. The number of para-hydroxylation sites is 1. The maximum atomic E-state index is 12.8. The van der Waals surface area contributed by atoms with E-state index in [-0.39, 0.29) is 18.6 Å². The summed E-state index contributed by atoms with van der Waals surface area (Å²) in [6.07, 6.45) is 3.05. The number of ether oxygens (including phenoxy) is 1. The zero-order valence-electron chi connectivity index (χ0n) is 15.4. The molecule has 1 atom stereocenters. The van der Waals surface area contributed by atoms with Gasteiger partial charge < -0.3 is 9.64 Å². The SMILES string of the molecule is O=C(COc1ccccc1)N1CCCC[C@@H]1c1nc(-c2ccc(Cl)cc2)cs1. The summed E-state index contributed by atoms with van der Waals surface area (Å²) in [6, 6.07) is 17.1. The van der Waals surface area contributed by atoms with Gasteiger partial charge in [0.05, 0.1) is 11.7 Å². The molecule has 3 aromatic rings. The molecule has 1 aromatic heterocycles. The van der Waals surface area contributed by atoms with Crippen LogP contribution in [0.5, 0.6) is 5.75 Å². The molecule has 0 aliphatic carbocycles. The van der Waals surface area contributed by atoms with Crippen LogP contribution in [-0.2, 0) is 4.79 Å². The normalized spacial score (nSPS) is 16.8. The van der Waals surface area contributed by atoms with Gasteiger partial charge in [-0.15, -0.1) is 11.3 Å². The van der Waals surface area contributed by atoms with Crippen LogP contribution in [0.15, 0.2) is 60.0 Å². The fraction of sp³-hybridized carbons (Fsp3) is 0.273. The van der Waals surface area contributed by atoms with E-state index in [9.17, 15) is 4.79 Å². The average molecular weight is 413 g/mol. The maximum absolute atomic E-state index is 12.8. The van der Waals surface area contributed by atoms with Gasteiger partial charge in [-0.2, -0.15) is 0 Å². The van der Waals surface area contributed by atoms with Gasteiger partial charge in [0.2, 0.25) is 0 Å². The molecule has 28 heavy (non-hydrogen) atoms. The highest BCUT2D eigenvalue weighted by molar-refractivity contribution is 7.10. The molecular weight excluding hydrogens is 392 g/mol. The highest BCUT2D eigenvalue weighted by Crippen LogP contribution is 2.35. The Balaban J connectivity index is 1.47. The van der Waals surface area contributed by atoms with Crippen molar-refractivity contribution in [2.45, 2.75) is 25.3 Å². The lowest BCUT2D eigenvalue weighted by Crippen LogP contribution is -2.41. The Morgan fingerprint density at radius 1 is 1.14 bits per heavy atom. The summed E-state index contributed by atoms with van der Waals surface area (Å²) in [7, 11) is 0. The predicted molar refractivity (Wildman–Crippen MR) is 113 cm³/mol.